The molecule has 0 saturated carbocycles. The Balaban J connectivity index is 2.53. The molecular formula is C16H10ClF3N4OS. The number of nitriles is 3. The van der Waals surface area contributed by atoms with Crippen LogP contribution in [0.4, 0.5) is 13.2 Å². The Kier molecular flexibility index (Phi) is 5.73. The van der Waals surface area contributed by atoms with Crippen LogP contribution in [-0.4, -0.2) is 28.5 Å². The lowest BCUT2D eigenvalue weighted by Crippen LogP contribution is -2.60. The second-order valence-corrected chi connectivity index (χ2v) is 6.85. The van der Waals surface area contributed by atoms with Crippen molar-refractivity contribution in [1.29, 1.82) is 15.8 Å². The second-order valence-electron chi connectivity index (χ2n) is 5.18. The monoisotopic (exact) mass is 398 g/mol. The third-order valence-corrected chi connectivity index (χ3v) is 5.46. The van der Waals surface area contributed by atoms with E-state index in [0.29, 0.717) is 11.3 Å². The number of benzene rings is 1. The van der Waals surface area contributed by atoms with Crippen LogP contribution in [0.3, 0.4) is 0 Å². The fourth-order valence-corrected chi connectivity index (χ4v) is 3.95. The maximum absolute atomic E-state index is 12.8. The first-order chi connectivity index (χ1) is 12.2. The van der Waals surface area contributed by atoms with E-state index in [9.17, 15) is 18.4 Å². The van der Waals surface area contributed by atoms with Crippen molar-refractivity contribution in [1.82, 2.24) is 4.31 Å². The van der Waals surface area contributed by atoms with E-state index in [1.807, 2.05) is 0 Å². The number of hydrogen-bond acceptors (Lipinski definition) is 6. The summed E-state index contributed by atoms with van der Waals surface area (Å²) >= 11 is 5.97. The van der Waals surface area contributed by atoms with Gasteiger partial charge in [0, 0.05) is 24.4 Å². The van der Waals surface area contributed by atoms with Crippen molar-refractivity contribution in [3.05, 3.63) is 41.0 Å². The third-order valence-electron chi connectivity index (χ3n) is 3.84. The van der Waals surface area contributed by atoms with E-state index in [1.165, 1.54) is 19.2 Å². The largest absolute Gasteiger partial charge is 0.497 e. The van der Waals surface area contributed by atoms with Gasteiger partial charge in [0.05, 0.1) is 12.7 Å². The molecule has 0 N–H and O–H groups in total. The Hall–Kier alpha value is -2.38. The van der Waals surface area contributed by atoms with Gasteiger partial charge in [0.15, 0.2) is 5.00 Å². The van der Waals surface area contributed by atoms with Gasteiger partial charge in [-0.05, 0) is 17.7 Å². The molecule has 2 atom stereocenters. The lowest BCUT2D eigenvalue weighted by atomic mass is 9.79. The van der Waals surface area contributed by atoms with Crippen molar-refractivity contribution in [2.24, 2.45) is 0 Å². The maximum atomic E-state index is 12.8. The molecule has 1 heterocycles. The molecule has 0 aromatic heterocycles. The van der Waals surface area contributed by atoms with Gasteiger partial charge in [-0.25, -0.2) is 4.31 Å². The Morgan fingerprint density at radius 2 is 1.81 bits per heavy atom. The zero-order chi connectivity index (χ0) is 19.5. The Bertz CT molecular complexity index is 835. The molecule has 0 amide bonds. The summed E-state index contributed by atoms with van der Waals surface area (Å²) in [6, 6.07) is 11.1. The predicted octanol–water partition coefficient (Wildman–Crippen LogP) is 4.06. The molecule has 1 aromatic carbocycles. The van der Waals surface area contributed by atoms with Crippen LogP contribution in [0.5, 0.6) is 5.75 Å². The quantitative estimate of drug-likeness (QED) is 0.329. The molecule has 0 radical (unpaired) electrons. The van der Waals surface area contributed by atoms with Crippen LogP contribution in [0, 0.1) is 34.0 Å². The second kappa shape index (κ2) is 7.47. The van der Waals surface area contributed by atoms with Gasteiger partial charge in [-0.2, -0.15) is 29.0 Å². The number of halogens is 4. The first-order valence-corrected chi connectivity index (χ1v) is 8.17. The Labute approximate surface area is 156 Å². The SMILES string of the molecule is COc1ccc(C2CN(SC(F)(F)F)C2(Cl)C(C#N)=C(C#N)C#N)cc1. The molecular weight excluding hydrogens is 389 g/mol. The minimum absolute atomic E-state index is 0.116. The van der Waals surface area contributed by atoms with Crippen LogP contribution in [0.15, 0.2) is 35.4 Å². The summed E-state index contributed by atoms with van der Waals surface area (Å²) < 4.78 is 44.3. The van der Waals surface area contributed by atoms with Crippen molar-refractivity contribution in [2.75, 3.05) is 13.7 Å². The summed E-state index contributed by atoms with van der Waals surface area (Å²) in [6.07, 6.45) is 0. The van der Waals surface area contributed by atoms with Crippen LogP contribution >= 0.6 is 23.5 Å². The van der Waals surface area contributed by atoms with Crippen molar-refractivity contribution >= 4 is 23.5 Å². The molecule has 2 rings (SSSR count). The van der Waals surface area contributed by atoms with Gasteiger partial charge >= 0.3 is 5.51 Å². The van der Waals surface area contributed by atoms with Crippen molar-refractivity contribution < 1.29 is 17.9 Å². The van der Waals surface area contributed by atoms with E-state index in [2.05, 4.69) is 0 Å². The highest BCUT2D eigenvalue weighted by atomic mass is 35.5. The summed E-state index contributed by atoms with van der Waals surface area (Å²) in [7, 11) is 1.47. The van der Waals surface area contributed by atoms with Gasteiger partial charge in [0.2, 0.25) is 0 Å². The zero-order valence-electron chi connectivity index (χ0n) is 13.2. The molecule has 1 fully saturated rings. The van der Waals surface area contributed by atoms with E-state index in [4.69, 9.17) is 26.9 Å². The molecule has 0 aliphatic carbocycles. The highest BCUT2D eigenvalue weighted by Crippen LogP contribution is 2.57. The van der Waals surface area contributed by atoms with Gasteiger partial charge in [0.1, 0.15) is 29.5 Å². The summed E-state index contributed by atoms with van der Waals surface area (Å²) in [5, 5.41) is 27.5. The fourth-order valence-electron chi connectivity index (χ4n) is 2.62. The maximum Gasteiger partial charge on any atom is 0.456 e. The number of nitrogens with zero attached hydrogens (tertiary/aromatic N) is 4. The van der Waals surface area contributed by atoms with E-state index in [1.54, 1.807) is 30.3 Å². The summed E-state index contributed by atoms with van der Waals surface area (Å²) in [6.45, 7) is -0.116. The van der Waals surface area contributed by atoms with Gasteiger partial charge < -0.3 is 4.74 Å². The number of allylic oxidation sites excluding steroid dienone is 1. The third kappa shape index (κ3) is 3.59. The lowest BCUT2D eigenvalue weighted by Gasteiger charge is -2.53. The zero-order valence-corrected chi connectivity index (χ0v) is 14.8. The molecule has 0 bridgehead atoms. The number of ether oxygens (including phenoxy) is 1. The van der Waals surface area contributed by atoms with E-state index < -0.39 is 39.5 Å². The number of alkyl halides is 4. The van der Waals surface area contributed by atoms with E-state index in [-0.39, 0.29) is 6.54 Å². The minimum Gasteiger partial charge on any atom is -0.497 e. The molecule has 1 aliphatic heterocycles. The van der Waals surface area contributed by atoms with Crippen LogP contribution in [-0.2, 0) is 0 Å². The summed E-state index contributed by atoms with van der Waals surface area (Å²) in [5.41, 5.74) is -5.20. The molecule has 1 saturated heterocycles. The highest BCUT2D eigenvalue weighted by Gasteiger charge is 2.60. The van der Waals surface area contributed by atoms with Crippen LogP contribution in [0.1, 0.15) is 11.5 Å². The number of methoxy groups -OCH3 is 1. The first-order valence-electron chi connectivity index (χ1n) is 7.02. The molecule has 10 heteroatoms. The summed E-state index contributed by atoms with van der Waals surface area (Å²) in [4.78, 5) is -1.97. The Morgan fingerprint density at radius 3 is 2.23 bits per heavy atom. The number of hydrogen-bond donors (Lipinski definition) is 0. The summed E-state index contributed by atoms with van der Waals surface area (Å²) in [5.74, 6) is -0.183. The average Bonchev–Trinajstić information content (AvgIpc) is 2.61. The highest BCUT2D eigenvalue weighted by molar-refractivity contribution is 7.98. The van der Waals surface area contributed by atoms with Crippen molar-refractivity contribution in [3.8, 4) is 24.0 Å². The van der Waals surface area contributed by atoms with Crippen LogP contribution < -0.4 is 4.74 Å². The van der Waals surface area contributed by atoms with Crippen LogP contribution in [0.2, 0.25) is 0 Å². The minimum atomic E-state index is -4.63. The number of rotatable bonds is 4. The topological polar surface area (TPSA) is 83.8 Å². The molecule has 26 heavy (non-hydrogen) atoms. The van der Waals surface area contributed by atoms with Gasteiger partial charge in [-0.15, -0.1) is 0 Å². The van der Waals surface area contributed by atoms with E-state index in [0.717, 1.165) is 4.31 Å². The van der Waals surface area contributed by atoms with Crippen molar-refractivity contribution in [3.63, 3.8) is 0 Å². The fraction of sp³-hybridized carbons (Fsp3) is 0.312. The predicted molar refractivity (Wildman–Crippen MR) is 88.5 cm³/mol. The van der Waals surface area contributed by atoms with Crippen molar-refractivity contribution in [2.45, 2.75) is 16.4 Å². The van der Waals surface area contributed by atoms with Gasteiger partial charge in [-0.1, -0.05) is 23.7 Å². The van der Waals surface area contributed by atoms with Crippen LogP contribution in [0.25, 0.3) is 0 Å². The van der Waals surface area contributed by atoms with Gasteiger partial charge in [-0.3, -0.25) is 0 Å². The standard InChI is InChI=1S/C16H10ClF3N4OS/c1-25-12-4-2-10(3-5-12)14-9-24(26-16(18,19)20)15(14,17)13(8-23)11(6-21)7-22/h2-5,14H,9H2,1H3. The normalized spacial score (nSPS) is 22.3. The average molecular weight is 399 g/mol. The molecule has 5 nitrogen and oxygen atoms in total. The Morgan fingerprint density at radius 1 is 1.23 bits per heavy atom. The van der Waals surface area contributed by atoms with Gasteiger partial charge in [0.25, 0.3) is 0 Å². The molecule has 134 valence electrons. The van der Waals surface area contributed by atoms with E-state index >= 15 is 0 Å². The lowest BCUT2D eigenvalue weighted by molar-refractivity contribution is -0.0401. The molecule has 1 aliphatic rings. The molecule has 0 spiro atoms. The molecule has 1 aromatic rings. The molecule has 2 unspecified atom stereocenters. The first kappa shape index (κ1) is 19.9. The smallest absolute Gasteiger partial charge is 0.456 e.